The van der Waals surface area contributed by atoms with E-state index in [2.05, 4.69) is 31.0 Å². The van der Waals surface area contributed by atoms with E-state index in [0.29, 0.717) is 31.1 Å². The van der Waals surface area contributed by atoms with Gasteiger partial charge in [-0.25, -0.2) is 8.42 Å². The van der Waals surface area contributed by atoms with Crippen molar-refractivity contribution in [1.82, 2.24) is 14.5 Å². The number of nitrogens with zero attached hydrogens (tertiary/aromatic N) is 5. The lowest BCUT2D eigenvalue weighted by atomic mass is 10.3. The van der Waals surface area contributed by atoms with E-state index in [1.165, 1.54) is 4.31 Å². The van der Waals surface area contributed by atoms with Crippen LogP contribution < -0.4 is 9.80 Å². The molecule has 1 saturated heterocycles. The Labute approximate surface area is 156 Å². The van der Waals surface area contributed by atoms with Crippen LogP contribution in [0.3, 0.4) is 0 Å². The van der Waals surface area contributed by atoms with Crippen molar-refractivity contribution < 1.29 is 8.42 Å². The van der Waals surface area contributed by atoms with Gasteiger partial charge < -0.3 is 9.80 Å². The summed E-state index contributed by atoms with van der Waals surface area (Å²) in [6, 6.07) is 10.6. The van der Waals surface area contributed by atoms with E-state index in [1.807, 2.05) is 31.1 Å². The van der Waals surface area contributed by atoms with E-state index in [-0.39, 0.29) is 0 Å². The van der Waals surface area contributed by atoms with Crippen LogP contribution in [-0.4, -0.2) is 63.2 Å². The number of anilines is 2. The normalized spacial score (nSPS) is 16.0. The molecule has 0 bridgehead atoms. The van der Waals surface area contributed by atoms with Gasteiger partial charge in [-0.15, -0.1) is 10.2 Å². The lowest BCUT2D eigenvalue weighted by molar-refractivity contribution is 0.383. The van der Waals surface area contributed by atoms with E-state index in [9.17, 15) is 8.42 Å². The summed E-state index contributed by atoms with van der Waals surface area (Å²) in [4.78, 5) is 4.26. The molecule has 7 nitrogen and oxygen atoms in total. The maximum absolute atomic E-state index is 12.7. The van der Waals surface area contributed by atoms with Gasteiger partial charge in [0.05, 0.1) is 4.90 Å². The first-order valence-electron chi connectivity index (χ1n) is 7.89. The molecule has 0 saturated carbocycles. The highest BCUT2D eigenvalue weighted by Crippen LogP contribution is 2.22. The summed E-state index contributed by atoms with van der Waals surface area (Å²) in [5.41, 5.74) is 0. The maximum atomic E-state index is 12.7. The number of hydrogen-bond donors (Lipinski definition) is 0. The van der Waals surface area contributed by atoms with Gasteiger partial charge in [-0.2, -0.15) is 4.31 Å². The van der Waals surface area contributed by atoms with Crippen LogP contribution in [0.1, 0.15) is 0 Å². The van der Waals surface area contributed by atoms with Crippen LogP contribution in [0, 0.1) is 0 Å². The minimum Gasteiger partial charge on any atom is -0.361 e. The minimum absolute atomic E-state index is 0.319. The van der Waals surface area contributed by atoms with Gasteiger partial charge in [-0.3, -0.25) is 0 Å². The second-order valence-electron chi connectivity index (χ2n) is 5.99. The predicted octanol–water partition coefficient (Wildman–Crippen LogP) is 1.82. The molecule has 2 aromatic rings. The quantitative estimate of drug-likeness (QED) is 0.743. The number of aromatic nitrogens is 2. The van der Waals surface area contributed by atoms with Gasteiger partial charge in [-0.1, -0.05) is 15.9 Å². The minimum atomic E-state index is -3.46. The van der Waals surface area contributed by atoms with E-state index in [0.717, 1.165) is 16.1 Å². The first kappa shape index (κ1) is 18.1. The van der Waals surface area contributed by atoms with Crippen LogP contribution in [0.5, 0.6) is 0 Å². The number of hydrogen-bond acceptors (Lipinski definition) is 6. The summed E-state index contributed by atoms with van der Waals surface area (Å²) in [7, 11) is 0.365. The molecule has 0 amide bonds. The van der Waals surface area contributed by atoms with Crippen molar-refractivity contribution in [1.29, 1.82) is 0 Å². The number of sulfonamides is 1. The molecule has 0 atom stereocenters. The molecule has 1 aromatic carbocycles. The Kier molecular flexibility index (Phi) is 5.26. The summed E-state index contributed by atoms with van der Waals surface area (Å²) in [6.07, 6.45) is 0. The standard InChI is InChI=1S/C16H20BrN5O2S/c1-20(2)15-7-8-16(19-18-15)21-9-11-22(12-10-21)25(23,24)14-5-3-13(17)4-6-14/h3-8H,9-12H2,1-2H3. The van der Waals surface area contributed by atoms with Crippen molar-refractivity contribution in [3.63, 3.8) is 0 Å². The molecule has 3 rings (SSSR count). The molecule has 1 aliphatic rings. The number of benzene rings is 1. The van der Waals surface area contributed by atoms with Gasteiger partial charge in [0.15, 0.2) is 11.6 Å². The van der Waals surface area contributed by atoms with Crippen LogP contribution in [0.25, 0.3) is 0 Å². The molecule has 1 aliphatic heterocycles. The van der Waals surface area contributed by atoms with Crippen LogP contribution in [0.4, 0.5) is 11.6 Å². The van der Waals surface area contributed by atoms with Crippen molar-refractivity contribution >= 4 is 37.6 Å². The number of piperazine rings is 1. The molecule has 0 aliphatic carbocycles. The molecule has 0 unspecified atom stereocenters. The van der Waals surface area contributed by atoms with Crippen molar-refractivity contribution in [2.75, 3.05) is 50.1 Å². The molecular weight excluding hydrogens is 406 g/mol. The van der Waals surface area contributed by atoms with Crippen LogP contribution in [-0.2, 0) is 10.0 Å². The summed E-state index contributed by atoms with van der Waals surface area (Å²) >= 11 is 3.32. The molecule has 1 fully saturated rings. The predicted molar refractivity (Wildman–Crippen MR) is 101 cm³/mol. The van der Waals surface area contributed by atoms with Crippen molar-refractivity contribution in [3.8, 4) is 0 Å². The zero-order chi connectivity index (χ0) is 18.0. The van der Waals surface area contributed by atoms with Crippen LogP contribution in [0.15, 0.2) is 45.8 Å². The Balaban J connectivity index is 1.68. The Hall–Kier alpha value is -1.71. The van der Waals surface area contributed by atoms with Gasteiger partial charge in [0.25, 0.3) is 0 Å². The molecule has 0 spiro atoms. The molecule has 9 heteroatoms. The monoisotopic (exact) mass is 425 g/mol. The highest BCUT2D eigenvalue weighted by atomic mass is 79.9. The lowest BCUT2D eigenvalue weighted by Gasteiger charge is -2.34. The zero-order valence-electron chi connectivity index (χ0n) is 14.1. The zero-order valence-corrected chi connectivity index (χ0v) is 16.5. The molecule has 0 radical (unpaired) electrons. The highest BCUT2D eigenvalue weighted by Gasteiger charge is 2.28. The lowest BCUT2D eigenvalue weighted by Crippen LogP contribution is -2.49. The number of halogens is 1. The largest absolute Gasteiger partial charge is 0.361 e. The van der Waals surface area contributed by atoms with E-state index >= 15 is 0 Å². The molecule has 1 aromatic heterocycles. The van der Waals surface area contributed by atoms with Gasteiger partial charge in [0.2, 0.25) is 10.0 Å². The second kappa shape index (κ2) is 7.27. The first-order valence-corrected chi connectivity index (χ1v) is 10.1. The molecule has 25 heavy (non-hydrogen) atoms. The number of rotatable bonds is 4. The van der Waals surface area contributed by atoms with Crippen molar-refractivity contribution in [2.45, 2.75) is 4.90 Å². The molecule has 2 heterocycles. The van der Waals surface area contributed by atoms with E-state index in [4.69, 9.17) is 0 Å². The Morgan fingerprint density at radius 2 is 1.60 bits per heavy atom. The van der Waals surface area contributed by atoms with E-state index < -0.39 is 10.0 Å². The van der Waals surface area contributed by atoms with Crippen molar-refractivity contribution in [2.24, 2.45) is 0 Å². The van der Waals surface area contributed by atoms with Crippen LogP contribution >= 0.6 is 15.9 Å². The maximum Gasteiger partial charge on any atom is 0.243 e. The SMILES string of the molecule is CN(C)c1ccc(N2CCN(S(=O)(=O)c3ccc(Br)cc3)CC2)nn1. The average Bonchev–Trinajstić information content (AvgIpc) is 2.62. The summed E-state index contributed by atoms with van der Waals surface area (Å²) in [6.45, 7) is 2.03. The van der Waals surface area contributed by atoms with Gasteiger partial charge in [0.1, 0.15) is 0 Å². The fourth-order valence-electron chi connectivity index (χ4n) is 2.64. The summed E-state index contributed by atoms with van der Waals surface area (Å²) in [5, 5.41) is 8.41. The second-order valence-corrected chi connectivity index (χ2v) is 8.84. The van der Waals surface area contributed by atoms with Crippen LogP contribution in [0.2, 0.25) is 0 Å². The fraction of sp³-hybridized carbons (Fsp3) is 0.375. The fourth-order valence-corrected chi connectivity index (χ4v) is 4.33. The van der Waals surface area contributed by atoms with E-state index in [1.54, 1.807) is 24.3 Å². The smallest absolute Gasteiger partial charge is 0.243 e. The summed E-state index contributed by atoms with van der Waals surface area (Å²) in [5.74, 6) is 1.56. The third-order valence-electron chi connectivity index (χ3n) is 4.11. The average molecular weight is 426 g/mol. The molecule has 134 valence electrons. The van der Waals surface area contributed by atoms with Gasteiger partial charge >= 0.3 is 0 Å². The third kappa shape index (κ3) is 3.94. The van der Waals surface area contributed by atoms with Gasteiger partial charge in [0, 0.05) is 44.7 Å². The highest BCUT2D eigenvalue weighted by molar-refractivity contribution is 9.10. The van der Waals surface area contributed by atoms with Crippen molar-refractivity contribution in [3.05, 3.63) is 40.9 Å². The Bertz CT molecular complexity index is 817. The molecular formula is C16H20BrN5O2S. The Morgan fingerprint density at radius 3 is 2.12 bits per heavy atom. The summed E-state index contributed by atoms with van der Waals surface area (Å²) < 4.78 is 27.8. The topological polar surface area (TPSA) is 69.6 Å². The first-order chi connectivity index (χ1) is 11.9. The van der Waals surface area contributed by atoms with Gasteiger partial charge in [-0.05, 0) is 36.4 Å². The Morgan fingerprint density at radius 1 is 0.960 bits per heavy atom. The third-order valence-corrected chi connectivity index (χ3v) is 6.55. The molecule has 0 N–H and O–H groups in total.